The number of nitrogens with two attached hydrogens (primary N) is 1. The summed E-state index contributed by atoms with van der Waals surface area (Å²) >= 11 is 1.75. The first-order valence-electron chi connectivity index (χ1n) is 5.82. The highest BCUT2D eigenvalue weighted by Gasteiger charge is 2.21. The summed E-state index contributed by atoms with van der Waals surface area (Å²) in [5.74, 6) is 0.881. The fourth-order valence-electron chi connectivity index (χ4n) is 2.37. The highest BCUT2D eigenvalue weighted by molar-refractivity contribution is 7.10. The van der Waals surface area contributed by atoms with Crippen LogP contribution >= 0.6 is 11.3 Å². The van der Waals surface area contributed by atoms with Gasteiger partial charge >= 0.3 is 0 Å². The van der Waals surface area contributed by atoms with E-state index in [4.69, 9.17) is 5.73 Å². The number of thiophene rings is 1. The molecule has 0 unspecified atom stereocenters. The van der Waals surface area contributed by atoms with E-state index < -0.39 is 0 Å². The van der Waals surface area contributed by atoms with Gasteiger partial charge in [0, 0.05) is 23.2 Å². The van der Waals surface area contributed by atoms with Crippen molar-refractivity contribution in [3.63, 3.8) is 0 Å². The topological polar surface area (TPSA) is 38.0 Å². The second kappa shape index (κ2) is 4.99. The summed E-state index contributed by atoms with van der Waals surface area (Å²) in [5, 5.41) is 5.66. The average molecular weight is 224 g/mol. The van der Waals surface area contributed by atoms with E-state index in [0.717, 1.165) is 18.2 Å². The van der Waals surface area contributed by atoms with Crippen LogP contribution in [-0.4, -0.2) is 6.04 Å². The minimum Gasteiger partial charge on any atom is -0.398 e. The number of anilines is 1. The summed E-state index contributed by atoms with van der Waals surface area (Å²) in [4.78, 5) is 1.28. The van der Waals surface area contributed by atoms with Crippen molar-refractivity contribution >= 4 is 17.0 Å². The van der Waals surface area contributed by atoms with Crippen LogP contribution in [0.4, 0.5) is 5.69 Å². The summed E-state index contributed by atoms with van der Waals surface area (Å²) in [6.45, 7) is 3.24. The summed E-state index contributed by atoms with van der Waals surface area (Å²) in [5.41, 5.74) is 6.79. The highest BCUT2D eigenvalue weighted by Crippen LogP contribution is 2.28. The van der Waals surface area contributed by atoms with Crippen molar-refractivity contribution < 1.29 is 0 Å². The van der Waals surface area contributed by atoms with Crippen LogP contribution in [0.1, 0.15) is 37.5 Å². The van der Waals surface area contributed by atoms with Gasteiger partial charge in [-0.25, -0.2) is 0 Å². The van der Waals surface area contributed by atoms with Crippen molar-refractivity contribution in [2.24, 2.45) is 5.92 Å². The standard InChI is InChI=1S/C12H20N2S/c1-9(10-4-2-3-5-10)14-8-12-11(13)6-7-15-12/h6-7,9-10,14H,2-5,8,13H2,1H3/t9-/m0/s1. The van der Waals surface area contributed by atoms with Gasteiger partial charge in [0.15, 0.2) is 0 Å². The first kappa shape index (κ1) is 11.0. The summed E-state index contributed by atoms with van der Waals surface area (Å²) in [6, 6.07) is 2.62. The van der Waals surface area contributed by atoms with E-state index in [1.165, 1.54) is 30.6 Å². The van der Waals surface area contributed by atoms with Gasteiger partial charge in [-0.1, -0.05) is 12.8 Å². The van der Waals surface area contributed by atoms with Gasteiger partial charge in [0.1, 0.15) is 0 Å². The fourth-order valence-corrected chi connectivity index (χ4v) is 3.12. The van der Waals surface area contributed by atoms with Gasteiger partial charge < -0.3 is 11.1 Å². The highest BCUT2D eigenvalue weighted by atomic mass is 32.1. The molecule has 0 amide bonds. The lowest BCUT2D eigenvalue weighted by molar-refractivity contribution is 0.382. The molecular formula is C12H20N2S. The zero-order chi connectivity index (χ0) is 10.7. The predicted octanol–water partition coefficient (Wildman–Crippen LogP) is 3.00. The molecule has 1 fully saturated rings. The first-order chi connectivity index (χ1) is 7.27. The molecule has 1 aliphatic rings. The molecule has 1 aromatic heterocycles. The van der Waals surface area contributed by atoms with Crippen LogP contribution < -0.4 is 11.1 Å². The van der Waals surface area contributed by atoms with E-state index in [0.29, 0.717) is 6.04 Å². The molecule has 2 rings (SSSR count). The van der Waals surface area contributed by atoms with E-state index in [-0.39, 0.29) is 0 Å². The lowest BCUT2D eigenvalue weighted by Crippen LogP contribution is -2.31. The molecule has 0 aromatic carbocycles. The normalized spacial score (nSPS) is 19.5. The van der Waals surface area contributed by atoms with Crippen LogP contribution in [0, 0.1) is 5.92 Å². The Bertz CT molecular complexity index is 302. The van der Waals surface area contributed by atoms with Gasteiger partial charge in [0.2, 0.25) is 0 Å². The smallest absolute Gasteiger partial charge is 0.0468 e. The first-order valence-corrected chi connectivity index (χ1v) is 6.70. The predicted molar refractivity (Wildman–Crippen MR) is 67.0 cm³/mol. The van der Waals surface area contributed by atoms with Gasteiger partial charge in [-0.3, -0.25) is 0 Å². The summed E-state index contributed by atoms with van der Waals surface area (Å²) in [6.07, 6.45) is 5.62. The molecule has 15 heavy (non-hydrogen) atoms. The quantitative estimate of drug-likeness (QED) is 0.825. The maximum absolute atomic E-state index is 5.85. The Morgan fingerprint density at radius 2 is 2.27 bits per heavy atom. The van der Waals surface area contributed by atoms with Crippen LogP contribution in [-0.2, 0) is 6.54 Å². The van der Waals surface area contributed by atoms with E-state index >= 15 is 0 Å². The lowest BCUT2D eigenvalue weighted by Gasteiger charge is -2.20. The molecule has 0 saturated heterocycles. The molecule has 0 spiro atoms. The largest absolute Gasteiger partial charge is 0.398 e. The van der Waals surface area contributed by atoms with Crippen LogP contribution in [0.15, 0.2) is 11.4 Å². The molecule has 84 valence electrons. The minimum atomic E-state index is 0.633. The third-order valence-electron chi connectivity index (χ3n) is 3.47. The average Bonchev–Trinajstić information content (AvgIpc) is 2.85. The van der Waals surface area contributed by atoms with Crippen molar-refractivity contribution in [2.75, 3.05) is 5.73 Å². The minimum absolute atomic E-state index is 0.633. The number of nitrogen functional groups attached to an aromatic ring is 1. The molecule has 0 bridgehead atoms. The number of hydrogen-bond acceptors (Lipinski definition) is 3. The molecule has 2 nitrogen and oxygen atoms in total. The second-order valence-corrected chi connectivity index (χ2v) is 5.51. The van der Waals surface area contributed by atoms with Crippen LogP contribution in [0.2, 0.25) is 0 Å². The Kier molecular flexibility index (Phi) is 3.65. The molecule has 0 radical (unpaired) electrons. The molecule has 1 aliphatic carbocycles. The van der Waals surface area contributed by atoms with Crippen molar-refractivity contribution in [3.05, 3.63) is 16.3 Å². The zero-order valence-corrected chi connectivity index (χ0v) is 10.1. The van der Waals surface area contributed by atoms with Gasteiger partial charge in [0.05, 0.1) is 0 Å². The summed E-state index contributed by atoms with van der Waals surface area (Å²) in [7, 11) is 0. The van der Waals surface area contributed by atoms with Gasteiger partial charge in [-0.15, -0.1) is 11.3 Å². The Labute approximate surface area is 95.9 Å². The molecule has 1 aromatic rings. The SMILES string of the molecule is C[C@H](NCc1sccc1N)C1CCCC1. The van der Waals surface area contributed by atoms with Gasteiger partial charge in [-0.05, 0) is 37.1 Å². The van der Waals surface area contributed by atoms with Crippen molar-refractivity contribution in [2.45, 2.75) is 45.2 Å². The lowest BCUT2D eigenvalue weighted by atomic mass is 10.00. The number of hydrogen-bond donors (Lipinski definition) is 2. The fraction of sp³-hybridized carbons (Fsp3) is 0.667. The molecule has 1 heterocycles. The van der Waals surface area contributed by atoms with Gasteiger partial charge in [-0.2, -0.15) is 0 Å². The Balaban J connectivity index is 1.80. The maximum atomic E-state index is 5.85. The Morgan fingerprint density at radius 1 is 1.53 bits per heavy atom. The van der Waals surface area contributed by atoms with Crippen LogP contribution in [0.5, 0.6) is 0 Å². The zero-order valence-electron chi connectivity index (χ0n) is 9.33. The van der Waals surface area contributed by atoms with Crippen molar-refractivity contribution in [1.29, 1.82) is 0 Å². The second-order valence-electron chi connectivity index (χ2n) is 4.51. The van der Waals surface area contributed by atoms with Crippen LogP contribution in [0.3, 0.4) is 0 Å². The van der Waals surface area contributed by atoms with Gasteiger partial charge in [0.25, 0.3) is 0 Å². The van der Waals surface area contributed by atoms with E-state index in [1.807, 2.05) is 6.07 Å². The molecule has 1 atom stereocenters. The number of rotatable bonds is 4. The van der Waals surface area contributed by atoms with Crippen molar-refractivity contribution in [3.8, 4) is 0 Å². The maximum Gasteiger partial charge on any atom is 0.0468 e. The van der Waals surface area contributed by atoms with Crippen LogP contribution in [0.25, 0.3) is 0 Å². The molecule has 0 aliphatic heterocycles. The Hall–Kier alpha value is -0.540. The third kappa shape index (κ3) is 2.73. The van der Waals surface area contributed by atoms with E-state index in [2.05, 4.69) is 17.6 Å². The van der Waals surface area contributed by atoms with Crippen molar-refractivity contribution in [1.82, 2.24) is 5.32 Å². The molecule has 3 heteroatoms. The third-order valence-corrected chi connectivity index (χ3v) is 4.41. The van der Waals surface area contributed by atoms with E-state index in [1.54, 1.807) is 11.3 Å². The molecule has 1 saturated carbocycles. The molecular weight excluding hydrogens is 204 g/mol. The Morgan fingerprint density at radius 3 is 2.87 bits per heavy atom. The van der Waals surface area contributed by atoms with E-state index in [9.17, 15) is 0 Å². The monoisotopic (exact) mass is 224 g/mol. The number of nitrogens with one attached hydrogen (secondary N) is 1. The molecule has 3 N–H and O–H groups in total. The summed E-state index contributed by atoms with van der Waals surface area (Å²) < 4.78 is 0.